The number of H-pyrrole nitrogens is 1. The Kier molecular flexibility index (Phi) is 3.27. The lowest BCUT2D eigenvalue weighted by molar-refractivity contribution is -0.132. The lowest BCUT2D eigenvalue weighted by Crippen LogP contribution is -2.35. The number of hydrogen-bond donors (Lipinski definition) is 1. The Hall–Kier alpha value is -2.40. The highest BCUT2D eigenvalue weighted by molar-refractivity contribution is 7.08. The number of hydrogen-bond acceptors (Lipinski definition) is 3. The summed E-state index contributed by atoms with van der Waals surface area (Å²) in [5.41, 5.74) is 5.26. The van der Waals surface area contributed by atoms with Crippen LogP contribution in [0.2, 0.25) is 0 Å². The molecule has 3 aromatic rings. The van der Waals surface area contributed by atoms with E-state index in [2.05, 4.69) is 15.6 Å². The average molecular weight is 309 g/mol. The standard InChI is InChI=1S/C17H15N3OS/c21-16-8-14-15(18-19-17(14)13-6-7-22-11-13)10-20(16)9-12-4-2-1-3-5-12/h1-7,11H,8-10H2,(H,18,19). The minimum atomic E-state index is 0.161. The molecule has 0 spiro atoms. The summed E-state index contributed by atoms with van der Waals surface area (Å²) in [5.74, 6) is 0.161. The molecule has 0 radical (unpaired) electrons. The Balaban J connectivity index is 1.60. The van der Waals surface area contributed by atoms with E-state index < -0.39 is 0 Å². The van der Waals surface area contributed by atoms with Crippen molar-refractivity contribution in [3.63, 3.8) is 0 Å². The van der Waals surface area contributed by atoms with Gasteiger partial charge in [-0.05, 0) is 17.0 Å². The average Bonchev–Trinajstić information content (AvgIpc) is 3.18. The van der Waals surface area contributed by atoms with Crippen molar-refractivity contribution < 1.29 is 4.79 Å². The molecular weight excluding hydrogens is 294 g/mol. The van der Waals surface area contributed by atoms with E-state index in [1.54, 1.807) is 11.3 Å². The first-order valence-corrected chi connectivity index (χ1v) is 8.16. The van der Waals surface area contributed by atoms with Gasteiger partial charge in [-0.15, -0.1) is 0 Å². The van der Waals surface area contributed by atoms with Gasteiger partial charge in [0.25, 0.3) is 0 Å². The molecule has 5 heteroatoms. The minimum Gasteiger partial charge on any atom is -0.332 e. The number of carbonyl (C=O) groups is 1. The summed E-state index contributed by atoms with van der Waals surface area (Å²) in [4.78, 5) is 14.4. The molecule has 4 rings (SSSR count). The predicted molar refractivity (Wildman–Crippen MR) is 86.3 cm³/mol. The number of amides is 1. The van der Waals surface area contributed by atoms with Gasteiger partial charge in [0.15, 0.2) is 0 Å². The fourth-order valence-corrected chi connectivity index (χ4v) is 3.49. The van der Waals surface area contributed by atoms with Crippen LogP contribution < -0.4 is 0 Å². The summed E-state index contributed by atoms with van der Waals surface area (Å²) in [6.45, 7) is 1.24. The smallest absolute Gasteiger partial charge is 0.227 e. The van der Waals surface area contributed by atoms with E-state index in [9.17, 15) is 4.79 Å². The summed E-state index contributed by atoms with van der Waals surface area (Å²) < 4.78 is 0. The number of rotatable bonds is 3. The van der Waals surface area contributed by atoms with Gasteiger partial charge in [-0.1, -0.05) is 30.3 Å². The second-order valence-electron chi connectivity index (χ2n) is 5.45. The second-order valence-corrected chi connectivity index (χ2v) is 6.23. The van der Waals surface area contributed by atoms with Gasteiger partial charge in [0.1, 0.15) is 0 Å². The van der Waals surface area contributed by atoms with E-state index >= 15 is 0 Å². The van der Waals surface area contributed by atoms with Crippen LogP contribution in [0.1, 0.15) is 16.8 Å². The lowest BCUT2D eigenvalue weighted by Gasteiger charge is -2.27. The van der Waals surface area contributed by atoms with Crippen LogP contribution in [0, 0.1) is 0 Å². The third-order valence-corrected chi connectivity index (χ3v) is 4.68. The van der Waals surface area contributed by atoms with E-state index in [0.717, 1.165) is 28.1 Å². The Bertz CT molecular complexity index is 793. The van der Waals surface area contributed by atoms with Crippen molar-refractivity contribution >= 4 is 17.2 Å². The third-order valence-electron chi connectivity index (χ3n) is 3.99. The van der Waals surface area contributed by atoms with Crippen molar-refractivity contribution in [3.8, 4) is 11.3 Å². The summed E-state index contributed by atoms with van der Waals surface area (Å²) in [6, 6.07) is 12.1. The maximum absolute atomic E-state index is 12.5. The highest BCUT2D eigenvalue weighted by Gasteiger charge is 2.27. The largest absolute Gasteiger partial charge is 0.332 e. The number of nitrogens with zero attached hydrogens (tertiary/aromatic N) is 2. The molecule has 1 aromatic carbocycles. The van der Waals surface area contributed by atoms with Crippen molar-refractivity contribution in [1.29, 1.82) is 0 Å². The molecular formula is C17H15N3OS. The molecule has 1 aliphatic rings. The summed E-state index contributed by atoms with van der Waals surface area (Å²) in [6.07, 6.45) is 0.420. The molecule has 0 saturated carbocycles. The number of aromatic nitrogens is 2. The molecule has 110 valence electrons. The second kappa shape index (κ2) is 5.42. The third kappa shape index (κ3) is 2.33. The van der Waals surface area contributed by atoms with Gasteiger partial charge in [0.05, 0.1) is 24.4 Å². The van der Waals surface area contributed by atoms with Gasteiger partial charge >= 0.3 is 0 Å². The van der Waals surface area contributed by atoms with E-state index in [1.807, 2.05) is 46.7 Å². The van der Waals surface area contributed by atoms with E-state index in [-0.39, 0.29) is 5.91 Å². The van der Waals surface area contributed by atoms with E-state index in [4.69, 9.17) is 0 Å². The number of benzene rings is 1. The van der Waals surface area contributed by atoms with Gasteiger partial charge in [-0.25, -0.2) is 0 Å². The van der Waals surface area contributed by atoms with Crippen molar-refractivity contribution in [2.24, 2.45) is 0 Å². The number of fused-ring (bicyclic) bond motifs is 1. The molecule has 0 bridgehead atoms. The minimum absolute atomic E-state index is 0.161. The van der Waals surface area contributed by atoms with Gasteiger partial charge in [0.2, 0.25) is 5.91 Å². The fourth-order valence-electron chi connectivity index (χ4n) is 2.85. The molecule has 0 saturated heterocycles. The monoisotopic (exact) mass is 309 g/mol. The zero-order valence-corrected chi connectivity index (χ0v) is 12.8. The summed E-state index contributed by atoms with van der Waals surface area (Å²) in [5, 5.41) is 11.6. The van der Waals surface area contributed by atoms with Crippen LogP contribution >= 0.6 is 11.3 Å². The molecule has 0 atom stereocenters. The van der Waals surface area contributed by atoms with E-state index in [1.165, 1.54) is 0 Å². The van der Waals surface area contributed by atoms with Crippen LogP contribution in [0.5, 0.6) is 0 Å². The first-order valence-electron chi connectivity index (χ1n) is 7.21. The van der Waals surface area contributed by atoms with Crippen LogP contribution in [-0.2, 0) is 24.3 Å². The van der Waals surface area contributed by atoms with Crippen molar-refractivity contribution in [3.05, 3.63) is 64.0 Å². The predicted octanol–water partition coefficient (Wildman–Crippen LogP) is 3.22. The van der Waals surface area contributed by atoms with E-state index in [0.29, 0.717) is 19.5 Å². The Morgan fingerprint density at radius 2 is 2.09 bits per heavy atom. The molecule has 3 heterocycles. The SMILES string of the molecule is O=C1Cc2c(-c3ccsc3)n[nH]c2CN1Cc1ccccc1. The Labute approximate surface area is 132 Å². The van der Waals surface area contributed by atoms with Crippen molar-refractivity contribution in [1.82, 2.24) is 15.1 Å². The number of nitrogens with one attached hydrogen (secondary N) is 1. The normalized spacial score (nSPS) is 14.2. The zero-order chi connectivity index (χ0) is 14.9. The maximum Gasteiger partial charge on any atom is 0.227 e. The van der Waals surface area contributed by atoms with Gasteiger partial charge < -0.3 is 4.90 Å². The van der Waals surface area contributed by atoms with Crippen LogP contribution in [0.25, 0.3) is 11.3 Å². The molecule has 0 aliphatic carbocycles. The summed E-state index contributed by atoms with van der Waals surface area (Å²) >= 11 is 1.64. The van der Waals surface area contributed by atoms with Crippen molar-refractivity contribution in [2.45, 2.75) is 19.5 Å². The molecule has 1 aliphatic heterocycles. The topological polar surface area (TPSA) is 49.0 Å². The first-order chi connectivity index (χ1) is 10.8. The lowest BCUT2D eigenvalue weighted by atomic mass is 10.0. The number of aromatic amines is 1. The van der Waals surface area contributed by atoms with Gasteiger partial charge in [-0.2, -0.15) is 16.4 Å². The molecule has 4 nitrogen and oxygen atoms in total. The molecule has 2 aromatic heterocycles. The first kappa shape index (κ1) is 13.3. The molecule has 0 fully saturated rings. The Morgan fingerprint density at radius 3 is 2.86 bits per heavy atom. The number of thiophene rings is 1. The molecule has 22 heavy (non-hydrogen) atoms. The van der Waals surface area contributed by atoms with Gasteiger partial charge in [0, 0.05) is 23.1 Å². The maximum atomic E-state index is 12.5. The van der Waals surface area contributed by atoms with Crippen LogP contribution in [-0.4, -0.2) is 21.0 Å². The highest BCUT2D eigenvalue weighted by atomic mass is 32.1. The van der Waals surface area contributed by atoms with Crippen LogP contribution in [0.15, 0.2) is 47.2 Å². The van der Waals surface area contributed by atoms with Crippen LogP contribution in [0.4, 0.5) is 0 Å². The van der Waals surface area contributed by atoms with Crippen LogP contribution in [0.3, 0.4) is 0 Å². The number of carbonyl (C=O) groups excluding carboxylic acids is 1. The van der Waals surface area contributed by atoms with Crippen molar-refractivity contribution in [2.75, 3.05) is 0 Å². The molecule has 1 amide bonds. The summed E-state index contributed by atoms with van der Waals surface area (Å²) in [7, 11) is 0. The van der Waals surface area contributed by atoms with Gasteiger partial charge in [-0.3, -0.25) is 9.89 Å². The molecule has 1 N–H and O–H groups in total. The molecule has 0 unspecified atom stereocenters. The zero-order valence-electron chi connectivity index (χ0n) is 12.0. The fraction of sp³-hybridized carbons (Fsp3) is 0.176. The highest BCUT2D eigenvalue weighted by Crippen LogP contribution is 2.30. The Morgan fingerprint density at radius 1 is 1.23 bits per heavy atom. The quantitative estimate of drug-likeness (QED) is 0.807.